The monoisotopic (exact) mass is 115 g/mol. The molecule has 0 spiro atoms. The van der Waals surface area contributed by atoms with Gasteiger partial charge in [0.1, 0.15) is 12.4 Å². The summed E-state index contributed by atoms with van der Waals surface area (Å²) in [6.07, 6.45) is 0.621. The van der Waals surface area contributed by atoms with Crippen molar-refractivity contribution < 1.29 is 9.53 Å². The summed E-state index contributed by atoms with van der Waals surface area (Å²) in [5.41, 5.74) is 0. The van der Waals surface area contributed by atoms with Gasteiger partial charge in [-0.2, -0.15) is 0 Å². The standard InChI is InChI=1S/C5H9NO2/c7-4-5-3-6-1-2-8-5/h4-6H,1-3H2/t5-/m1/s1. The lowest BCUT2D eigenvalue weighted by atomic mass is 10.3. The van der Waals surface area contributed by atoms with Crippen LogP contribution in [0.4, 0.5) is 0 Å². The molecular formula is C5H9NO2. The molecule has 1 saturated heterocycles. The number of morpholine rings is 1. The van der Waals surface area contributed by atoms with Crippen LogP contribution in [0.5, 0.6) is 0 Å². The largest absolute Gasteiger partial charge is 0.368 e. The van der Waals surface area contributed by atoms with Gasteiger partial charge < -0.3 is 14.8 Å². The Balaban J connectivity index is 2.22. The summed E-state index contributed by atoms with van der Waals surface area (Å²) in [6.45, 7) is 2.19. The lowest BCUT2D eigenvalue weighted by Crippen LogP contribution is -2.39. The highest BCUT2D eigenvalue weighted by Gasteiger charge is 2.09. The Labute approximate surface area is 48.0 Å². The van der Waals surface area contributed by atoms with Crippen LogP contribution in [-0.2, 0) is 9.53 Å². The molecule has 1 fully saturated rings. The molecule has 46 valence electrons. The second kappa shape index (κ2) is 2.79. The topological polar surface area (TPSA) is 38.3 Å². The molecule has 0 aromatic carbocycles. The lowest BCUT2D eigenvalue weighted by Gasteiger charge is -2.17. The smallest absolute Gasteiger partial charge is 0.150 e. The summed E-state index contributed by atoms with van der Waals surface area (Å²) in [6, 6.07) is 0. The maximum atomic E-state index is 9.99. The summed E-state index contributed by atoms with van der Waals surface area (Å²) < 4.78 is 5.00. The Hall–Kier alpha value is -0.410. The summed E-state index contributed by atoms with van der Waals surface area (Å²) >= 11 is 0. The molecule has 0 radical (unpaired) electrons. The van der Waals surface area contributed by atoms with Gasteiger partial charge in [0.05, 0.1) is 6.61 Å². The Bertz CT molecular complexity index is 78.5. The number of ether oxygens (including phenoxy) is 1. The summed E-state index contributed by atoms with van der Waals surface area (Å²) in [5.74, 6) is 0. The second-order valence-electron chi connectivity index (χ2n) is 1.75. The molecule has 0 saturated carbocycles. The van der Waals surface area contributed by atoms with Gasteiger partial charge in [-0.3, -0.25) is 0 Å². The zero-order chi connectivity index (χ0) is 5.82. The highest BCUT2D eigenvalue weighted by Crippen LogP contribution is 1.89. The molecule has 3 heteroatoms. The van der Waals surface area contributed by atoms with E-state index in [1.54, 1.807) is 0 Å². The van der Waals surface area contributed by atoms with Crippen molar-refractivity contribution in [3.05, 3.63) is 0 Å². The van der Waals surface area contributed by atoms with Crippen molar-refractivity contribution >= 4 is 6.29 Å². The molecule has 1 heterocycles. The third-order valence-corrected chi connectivity index (χ3v) is 1.11. The van der Waals surface area contributed by atoms with Gasteiger partial charge in [-0.15, -0.1) is 0 Å². The third-order valence-electron chi connectivity index (χ3n) is 1.11. The molecule has 1 atom stereocenters. The van der Waals surface area contributed by atoms with Crippen molar-refractivity contribution in [3.63, 3.8) is 0 Å². The Morgan fingerprint density at radius 2 is 2.62 bits per heavy atom. The fourth-order valence-corrected chi connectivity index (χ4v) is 0.673. The molecular weight excluding hydrogens is 106 g/mol. The summed E-state index contributed by atoms with van der Waals surface area (Å²) in [7, 11) is 0. The van der Waals surface area contributed by atoms with E-state index in [-0.39, 0.29) is 6.10 Å². The molecule has 0 aromatic heterocycles. The van der Waals surface area contributed by atoms with Crippen molar-refractivity contribution in [1.29, 1.82) is 0 Å². The molecule has 1 N–H and O–H groups in total. The van der Waals surface area contributed by atoms with Crippen LogP contribution in [-0.4, -0.2) is 32.1 Å². The number of carbonyl (C=O) groups excluding carboxylic acids is 1. The SMILES string of the molecule is O=C[C@H]1CNCCO1. The molecule has 8 heavy (non-hydrogen) atoms. The van der Waals surface area contributed by atoms with Crippen LogP contribution in [0.2, 0.25) is 0 Å². The first kappa shape index (κ1) is 5.72. The van der Waals surface area contributed by atoms with Crippen LogP contribution in [0.25, 0.3) is 0 Å². The van der Waals surface area contributed by atoms with Gasteiger partial charge in [0, 0.05) is 13.1 Å². The quantitative estimate of drug-likeness (QED) is 0.453. The maximum Gasteiger partial charge on any atom is 0.150 e. The molecule has 0 aromatic rings. The zero-order valence-electron chi connectivity index (χ0n) is 4.59. The number of nitrogens with one attached hydrogen (secondary N) is 1. The van der Waals surface area contributed by atoms with E-state index in [0.717, 1.165) is 12.8 Å². The van der Waals surface area contributed by atoms with Crippen molar-refractivity contribution in [1.82, 2.24) is 5.32 Å². The summed E-state index contributed by atoms with van der Waals surface area (Å²) in [4.78, 5) is 9.99. The van der Waals surface area contributed by atoms with Gasteiger partial charge in [0.2, 0.25) is 0 Å². The van der Waals surface area contributed by atoms with Crippen LogP contribution in [0.1, 0.15) is 0 Å². The molecule has 1 aliphatic rings. The normalized spacial score (nSPS) is 29.8. The van der Waals surface area contributed by atoms with E-state index < -0.39 is 0 Å². The Morgan fingerprint density at radius 3 is 3.00 bits per heavy atom. The first-order valence-electron chi connectivity index (χ1n) is 2.71. The minimum atomic E-state index is -0.205. The van der Waals surface area contributed by atoms with E-state index in [1.807, 2.05) is 0 Å². The molecule has 0 bridgehead atoms. The first-order valence-corrected chi connectivity index (χ1v) is 2.71. The van der Waals surface area contributed by atoms with Crippen molar-refractivity contribution in [2.45, 2.75) is 6.10 Å². The van der Waals surface area contributed by atoms with E-state index >= 15 is 0 Å². The van der Waals surface area contributed by atoms with Gasteiger partial charge >= 0.3 is 0 Å². The van der Waals surface area contributed by atoms with Crippen LogP contribution in [0, 0.1) is 0 Å². The van der Waals surface area contributed by atoms with Gasteiger partial charge in [0.25, 0.3) is 0 Å². The van der Waals surface area contributed by atoms with Gasteiger partial charge in [0.15, 0.2) is 0 Å². The average molecular weight is 115 g/mol. The predicted molar refractivity (Wildman–Crippen MR) is 28.7 cm³/mol. The van der Waals surface area contributed by atoms with Crippen molar-refractivity contribution in [3.8, 4) is 0 Å². The highest BCUT2D eigenvalue weighted by atomic mass is 16.5. The van der Waals surface area contributed by atoms with Crippen molar-refractivity contribution in [2.24, 2.45) is 0 Å². The van der Waals surface area contributed by atoms with E-state index in [0.29, 0.717) is 13.2 Å². The fraction of sp³-hybridized carbons (Fsp3) is 0.800. The molecule has 0 unspecified atom stereocenters. The molecule has 3 nitrogen and oxygen atoms in total. The van der Waals surface area contributed by atoms with Crippen molar-refractivity contribution in [2.75, 3.05) is 19.7 Å². The Morgan fingerprint density at radius 1 is 1.75 bits per heavy atom. The van der Waals surface area contributed by atoms with Crippen LogP contribution < -0.4 is 5.32 Å². The molecule has 1 rings (SSSR count). The van der Waals surface area contributed by atoms with Crippen LogP contribution >= 0.6 is 0 Å². The lowest BCUT2D eigenvalue weighted by molar-refractivity contribution is -0.119. The highest BCUT2D eigenvalue weighted by molar-refractivity contribution is 5.56. The maximum absolute atomic E-state index is 9.99. The van der Waals surface area contributed by atoms with E-state index in [9.17, 15) is 4.79 Å². The molecule has 1 aliphatic heterocycles. The average Bonchev–Trinajstić information content (AvgIpc) is 1.90. The van der Waals surface area contributed by atoms with Gasteiger partial charge in [-0.25, -0.2) is 0 Å². The Kier molecular flexibility index (Phi) is 2.00. The number of aldehydes is 1. The minimum absolute atomic E-state index is 0.205. The van der Waals surface area contributed by atoms with Gasteiger partial charge in [-0.1, -0.05) is 0 Å². The first-order chi connectivity index (χ1) is 3.93. The minimum Gasteiger partial charge on any atom is -0.368 e. The van der Waals surface area contributed by atoms with E-state index in [1.165, 1.54) is 0 Å². The number of rotatable bonds is 1. The predicted octanol–water partition coefficient (Wildman–Crippen LogP) is -0.826. The van der Waals surface area contributed by atoms with Crippen LogP contribution in [0.3, 0.4) is 0 Å². The molecule has 0 aliphatic carbocycles. The third kappa shape index (κ3) is 1.28. The second-order valence-corrected chi connectivity index (χ2v) is 1.75. The van der Waals surface area contributed by atoms with E-state index in [4.69, 9.17) is 4.74 Å². The zero-order valence-corrected chi connectivity index (χ0v) is 4.59. The fourth-order valence-electron chi connectivity index (χ4n) is 0.673. The van der Waals surface area contributed by atoms with Gasteiger partial charge in [-0.05, 0) is 0 Å². The number of hydrogen-bond acceptors (Lipinski definition) is 3. The number of carbonyl (C=O) groups is 1. The van der Waals surface area contributed by atoms with Crippen LogP contribution in [0.15, 0.2) is 0 Å². The molecule has 0 amide bonds. The number of hydrogen-bond donors (Lipinski definition) is 1. The van der Waals surface area contributed by atoms with E-state index in [2.05, 4.69) is 5.32 Å². The summed E-state index contributed by atoms with van der Waals surface area (Å²) in [5, 5.41) is 3.03.